The number of rotatable bonds is 7. The third-order valence-electron chi connectivity index (χ3n) is 3.77. The fraction of sp³-hybridized carbons (Fsp3) is 0.389. The van der Waals surface area contributed by atoms with E-state index in [0.29, 0.717) is 4.91 Å². The van der Waals surface area contributed by atoms with Gasteiger partial charge in [0.2, 0.25) is 5.91 Å². The molecule has 1 N–H and O–H groups in total. The van der Waals surface area contributed by atoms with Crippen LogP contribution in [0.25, 0.3) is 6.08 Å². The van der Waals surface area contributed by atoms with Crippen LogP contribution in [0.15, 0.2) is 35.2 Å². The summed E-state index contributed by atoms with van der Waals surface area (Å²) in [5, 5.41) is 2.49. The van der Waals surface area contributed by atoms with Crippen molar-refractivity contribution in [1.82, 2.24) is 10.2 Å². The Labute approximate surface area is 146 Å². The lowest BCUT2D eigenvalue weighted by Gasteiger charge is -2.15. The Kier molecular flexibility index (Phi) is 6.61. The van der Waals surface area contributed by atoms with Gasteiger partial charge in [0, 0.05) is 19.0 Å². The fourth-order valence-corrected chi connectivity index (χ4v) is 3.29. The highest BCUT2D eigenvalue weighted by Crippen LogP contribution is 2.31. The van der Waals surface area contributed by atoms with Gasteiger partial charge in [-0.3, -0.25) is 19.3 Å². The van der Waals surface area contributed by atoms with Gasteiger partial charge in [-0.25, -0.2) is 0 Å². The Hall–Kier alpha value is -2.08. The first-order valence-corrected chi connectivity index (χ1v) is 8.92. The zero-order valence-corrected chi connectivity index (χ0v) is 14.8. The molecule has 0 bridgehead atoms. The second-order valence-corrected chi connectivity index (χ2v) is 6.72. The van der Waals surface area contributed by atoms with Crippen LogP contribution in [0.3, 0.4) is 0 Å². The van der Waals surface area contributed by atoms with Gasteiger partial charge in [0.25, 0.3) is 11.1 Å². The van der Waals surface area contributed by atoms with Gasteiger partial charge in [-0.2, -0.15) is 0 Å². The molecule has 0 spiro atoms. The van der Waals surface area contributed by atoms with Crippen LogP contribution in [-0.4, -0.2) is 35.0 Å². The first-order chi connectivity index (χ1) is 11.5. The normalized spacial score (nSPS) is 17.4. The lowest BCUT2D eigenvalue weighted by molar-refractivity contribution is -0.126. The summed E-state index contributed by atoms with van der Waals surface area (Å²) in [6.45, 7) is 4.38. The molecule has 1 fully saturated rings. The molecule has 2 rings (SSSR count). The number of imide groups is 1. The maximum Gasteiger partial charge on any atom is 0.293 e. The highest BCUT2D eigenvalue weighted by molar-refractivity contribution is 8.18. The lowest BCUT2D eigenvalue weighted by atomic mass is 10.1. The maximum absolute atomic E-state index is 12.3. The molecule has 3 amide bonds. The second kappa shape index (κ2) is 8.68. The van der Waals surface area contributed by atoms with Crippen molar-refractivity contribution in [3.63, 3.8) is 0 Å². The highest BCUT2D eigenvalue weighted by atomic mass is 32.2. The van der Waals surface area contributed by atoms with Gasteiger partial charge in [-0.05, 0) is 29.8 Å². The maximum atomic E-state index is 12.3. The Morgan fingerprint density at radius 3 is 2.67 bits per heavy atom. The minimum absolute atomic E-state index is 0.0383. The predicted molar refractivity (Wildman–Crippen MR) is 96.2 cm³/mol. The zero-order valence-electron chi connectivity index (χ0n) is 14.0. The summed E-state index contributed by atoms with van der Waals surface area (Å²) in [7, 11) is 0. The lowest BCUT2D eigenvalue weighted by Crippen LogP contribution is -2.38. The van der Waals surface area contributed by atoms with Crippen molar-refractivity contribution in [2.45, 2.75) is 26.7 Å². The monoisotopic (exact) mass is 346 g/mol. The Morgan fingerprint density at radius 1 is 1.29 bits per heavy atom. The molecule has 0 radical (unpaired) electrons. The van der Waals surface area contributed by atoms with Crippen molar-refractivity contribution >= 4 is 34.9 Å². The predicted octanol–water partition coefficient (Wildman–Crippen LogP) is 3.28. The SMILES string of the molecule is CCCC(C)C(=O)NCCN1C(=O)S/C(=C/c2ccccc2)C1=O. The number of thioether (sulfide) groups is 1. The molecule has 5 nitrogen and oxygen atoms in total. The molecule has 1 heterocycles. The molecule has 1 aromatic rings. The van der Waals surface area contributed by atoms with Crippen LogP contribution < -0.4 is 5.32 Å². The molecule has 1 aliphatic heterocycles. The number of nitrogens with zero attached hydrogens (tertiary/aromatic N) is 1. The van der Waals surface area contributed by atoms with E-state index in [-0.39, 0.29) is 36.1 Å². The van der Waals surface area contributed by atoms with Gasteiger partial charge >= 0.3 is 0 Å². The molecular weight excluding hydrogens is 324 g/mol. The molecule has 6 heteroatoms. The van der Waals surface area contributed by atoms with E-state index in [9.17, 15) is 14.4 Å². The van der Waals surface area contributed by atoms with Crippen LogP contribution in [-0.2, 0) is 9.59 Å². The van der Waals surface area contributed by atoms with Gasteiger partial charge in [0.05, 0.1) is 4.91 Å². The minimum Gasteiger partial charge on any atom is -0.354 e. The molecule has 0 aromatic heterocycles. The number of hydrogen-bond acceptors (Lipinski definition) is 4. The van der Waals surface area contributed by atoms with E-state index in [2.05, 4.69) is 5.32 Å². The average Bonchev–Trinajstić information content (AvgIpc) is 2.83. The topological polar surface area (TPSA) is 66.5 Å². The van der Waals surface area contributed by atoms with Gasteiger partial charge in [-0.1, -0.05) is 50.6 Å². The van der Waals surface area contributed by atoms with E-state index in [1.54, 1.807) is 6.08 Å². The number of benzene rings is 1. The van der Waals surface area contributed by atoms with E-state index in [0.717, 1.165) is 30.2 Å². The van der Waals surface area contributed by atoms with E-state index in [4.69, 9.17) is 0 Å². The van der Waals surface area contributed by atoms with E-state index in [1.165, 1.54) is 4.90 Å². The zero-order chi connectivity index (χ0) is 17.5. The highest BCUT2D eigenvalue weighted by Gasteiger charge is 2.34. The number of carbonyl (C=O) groups excluding carboxylic acids is 3. The van der Waals surface area contributed by atoms with Crippen LogP contribution in [0.4, 0.5) is 4.79 Å². The summed E-state index contributed by atoms with van der Waals surface area (Å²) >= 11 is 0.936. The van der Waals surface area contributed by atoms with Crippen LogP contribution in [0.5, 0.6) is 0 Å². The molecule has 0 aliphatic carbocycles. The van der Waals surface area contributed by atoms with E-state index >= 15 is 0 Å². The van der Waals surface area contributed by atoms with E-state index < -0.39 is 0 Å². The molecule has 1 unspecified atom stereocenters. The molecule has 1 aromatic carbocycles. The average molecular weight is 346 g/mol. The number of hydrogen-bond donors (Lipinski definition) is 1. The van der Waals surface area contributed by atoms with Gasteiger partial charge in [0.15, 0.2) is 0 Å². The smallest absolute Gasteiger partial charge is 0.293 e. The third kappa shape index (κ3) is 4.71. The van der Waals surface area contributed by atoms with Gasteiger partial charge < -0.3 is 5.32 Å². The number of nitrogens with one attached hydrogen (secondary N) is 1. The number of amides is 3. The summed E-state index contributed by atoms with van der Waals surface area (Å²) < 4.78 is 0. The van der Waals surface area contributed by atoms with Crippen molar-refractivity contribution in [2.75, 3.05) is 13.1 Å². The molecule has 1 saturated heterocycles. The molecule has 1 aliphatic rings. The van der Waals surface area contributed by atoms with Crippen LogP contribution in [0, 0.1) is 5.92 Å². The van der Waals surface area contributed by atoms with Crippen molar-refractivity contribution in [2.24, 2.45) is 5.92 Å². The number of carbonyl (C=O) groups is 3. The summed E-state index contributed by atoms with van der Waals surface area (Å²) in [6.07, 6.45) is 3.49. The van der Waals surface area contributed by atoms with Crippen molar-refractivity contribution < 1.29 is 14.4 Å². The Bertz CT molecular complexity index is 643. The van der Waals surface area contributed by atoms with E-state index in [1.807, 2.05) is 44.2 Å². The molecule has 24 heavy (non-hydrogen) atoms. The van der Waals surface area contributed by atoms with Crippen LogP contribution in [0.1, 0.15) is 32.3 Å². The molecule has 0 saturated carbocycles. The molecular formula is C18H22N2O3S. The summed E-state index contributed by atoms with van der Waals surface area (Å²) in [4.78, 5) is 37.8. The van der Waals surface area contributed by atoms with Crippen molar-refractivity contribution in [3.8, 4) is 0 Å². The summed E-state index contributed by atoms with van der Waals surface area (Å²) in [5.41, 5.74) is 0.879. The Morgan fingerprint density at radius 2 is 2.00 bits per heavy atom. The third-order valence-corrected chi connectivity index (χ3v) is 4.68. The van der Waals surface area contributed by atoms with Crippen molar-refractivity contribution in [1.29, 1.82) is 0 Å². The molecule has 128 valence electrons. The quantitative estimate of drug-likeness (QED) is 0.770. The standard InChI is InChI=1S/C18H22N2O3S/c1-3-7-13(2)16(21)19-10-11-20-17(22)15(24-18(20)23)12-14-8-5-4-6-9-14/h4-6,8-9,12-13H,3,7,10-11H2,1-2H3,(H,19,21)/b15-12+. The fourth-order valence-electron chi connectivity index (χ4n) is 2.42. The second-order valence-electron chi connectivity index (χ2n) is 5.72. The van der Waals surface area contributed by atoms with Crippen LogP contribution in [0.2, 0.25) is 0 Å². The summed E-state index contributed by atoms with van der Waals surface area (Å²) in [6, 6.07) is 9.41. The van der Waals surface area contributed by atoms with Crippen LogP contribution >= 0.6 is 11.8 Å². The summed E-state index contributed by atoms with van der Waals surface area (Å²) in [5.74, 6) is -0.392. The minimum atomic E-state index is -0.301. The van der Waals surface area contributed by atoms with Gasteiger partial charge in [0.1, 0.15) is 0 Å². The molecule has 1 atom stereocenters. The largest absolute Gasteiger partial charge is 0.354 e. The first kappa shape index (κ1) is 18.3. The first-order valence-electron chi connectivity index (χ1n) is 8.11. The van der Waals surface area contributed by atoms with Gasteiger partial charge in [-0.15, -0.1) is 0 Å². The Balaban J connectivity index is 1.90. The van der Waals surface area contributed by atoms with Crippen molar-refractivity contribution in [3.05, 3.63) is 40.8 Å².